The maximum absolute atomic E-state index is 13.8. The molecule has 4 N–H and O–H groups in total. The monoisotopic (exact) mass is 512 g/mol. The number of hydrogen-bond donors (Lipinski definition) is 3. The summed E-state index contributed by atoms with van der Waals surface area (Å²) in [5, 5.41) is 22.1. The molecule has 10 heteroatoms. The number of primary amides is 1. The minimum Gasteiger partial charge on any atom is -0.507 e. The highest BCUT2D eigenvalue weighted by atomic mass is 16.3. The number of nitrogens with two attached hydrogens (primary N) is 1. The van der Waals surface area contributed by atoms with Crippen molar-refractivity contribution in [2.75, 3.05) is 14.1 Å². The van der Waals surface area contributed by atoms with E-state index in [0.29, 0.717) is 17.5 Å². The molecule has 3 aliphatic carbocycles. The number of hydrogen-bond acceptors (Lipinski definition) is 9. The molecular formula is C27H32N2O8. The number of amides is 1. The van der Waals surface area contributed by atoms with Crippen molar-refractivity contribution in [2.45, 2.75) is 57.1 Å². The quantitative estimate of drug-likeness (QED) is 0.431. The third kappa shape index (κ3) is 4.02. The standard InChI is InChI=1S/C27H32N2O8/c1-4-5-6-14(30)9-12-7-8-17(31)19-15(12)10-13-11-16-21(29(2)3)23(33)20(26(28)36)25(35)27(16,37)24(34)18(13)22(19)32/h7-8,13,16,18,20-21,31,37H,4-6,9-11H2,1-3H3,(H2,28,36)/t13-,16-,18?,20?,21-,27-/m0/s1. The van der Waals surface area contributed by atoms with Gasteiger partial charge in [0.15, 0.2) is 34.7 Å². The van der Waals surface area contributed by atoms with Crippen LogP contribution in [-0.2, 0) is 36.8 Å². The van der Waals surface area contributed by atoms with E-state index in [4.69, 9.17) is 5.73 Å². The molecule has 2 unspecified atom stereocenters. The average molecular weight is 513 g/mol. The van der Waals surface area contributed by atoms with Crippen LogP contribution in [0.3, 0.4) is 0 Å². The fraction of sp³-hybridized carbons (Fsp3) is 0.556. The van der Waals surface area contributed by atoms with E-state index in [-0.39, 0.29) is 36.4 Å². The Labute approximate surface area is 214 Å². The summed E-state index contributed by atoms with van der Waals surface area (Å²) in [4.78, 5) is 79.8. The van der Waals surface area contributed by atoms with Crippen molar-refractivity contribution in [2.24, 2.45) is 29.4 Å². The highest BCUT2D eigenvalue weighted by Gasteiger charge is 2.69. The van der Waals surface area contributed by atoms with Gasteiger partial charge >= 0.3 is 0 Å². The lowest BCUT2D eigenvalue weighted by Crippen LogP contribution is -2.74. The lowest BCUT2D eigenvalue weighted by Gasteiger charge is -2.52. The molecule has 2 fully saturated rings. The fourth-order valence-corrected chi connectivity index (χ4v) is 6.51. The van der Waals surface area contributed by atoms with E-state index in [1.165, 1.54) is 25.1 Å². The van der Waals surface area contributed by atoms with E-state index in [9.17, 15) is 39.0 Å². The van der Waals surface area contributed by atoms with Crippen LogP contribution >= 0.6 is 0 Å². The number of Topliss-reactive ketones (excluding diaryl/α,β-unsaturated/α-hetero) is 5. The molecule has 3 aliphatic rings. The molecule has 1 amide bonds. The molecule has 4 rings (SSSR count). The Kier molecular flexibility index (Phi) is 6.94. The molecule has 6 atom stereocenters. The van der Waals surface area contributed by atoms with Gasteiger partial charge in [0.25, 0.3) is 0 Å². The Balaban J connectivity index is 1.80. The highest BCUT2D eigenvalue weighted by Crippen LogP contribution is 2.51. The van der Waals surface area contributed by atoms with Gasteiger partial charge in [-0.3, -0.25) is 33.7 Å². The fourth-order valence-electron chi connectivity index (χ4n) is 6.51. The summed E-state index contributed by atoms with van der Waals surface area (Å²) in [6.07, 6.45) is 2.17. The number of likely N-dealkylation sites (N-methyl/N-ethyl adjacent to an activating group) is 1. The van der Waals surface area contributed by atoms with Crippen LogP contribution < -0.4 is 5.73 Å². The first-order valence-corrected chi connectivity index (χ1v) is 12.6. The Morgan fingerprint density at radius 1 is 1.14 bits per heavy atom. The third-order valence-electron chi connectivity index (χ3n) is 8.24. The van der Waals surface area contributed by atoms with Crippen molar-refractivity contribution in [3.05, 3.63) is 28.8 Å². The van der Waals surface area contributed by atoms with Gasteiger partial charge in [-0.05, 0) is 56.5 Å². The van der Waals surface area contributed by atoms with E-state index in [1.807, 2.05) is 6.92 Å². The van der Waals surface area contributed by atoms with Crippen molar-refractivity contribution in [1.82, 2.24) is 4.90 Å². The Morgan fingerprint density at radius 2 is 1.81 bits per heavy atom. The molecule has 0 spiro atoms. The smallest absolute Gasteiger partial charge is 0.235 e. The molecule has 1 aromatic rings. The predicted octanol–water partition coefficient (Wildman–Crippen LogP) is 0.169. The maximum Gasteiger partial charge on any atom is 0.235 e. The van der Waals surface area contributed by atoms with Crippen LogP contribution in [0.25, 0.3) is 0 Å². The van der Waals surface area contributed by atoms with Gasteiger partial charge < -0.3 is 15.9 Å². The number of ketones is 5. The lowest BCUT2D eigenvalue weighted by molar-refractivity contribution is -0.181. The first kappa shape index (κ1) is 26.8. The molecule has 0 bridgehead atoms. The molecule has 37 heavy (non-hydrogen) atoms. The third-order valence-corrected chi connectivity index (χ3v) is 8.24. The topological polar surface area (TPSA) is 172 Å². The zero-order valence-corrected chi connectivity index (χ0v) is 21.2. The van der Waals surface area contributed by atoms with Crippen molar-refractivity contribution in [3.8, 4) is 5.75 Å². The number of benzene rings is 1. The van der Waals surface area contributed by atoms with E-state index < -0.39 is 64.4 Å². The Hall–Kier alpha value is -3.24. The second kappa shape index (κ2) is 9.57. The molecule has 0 radical (unpaired) electrons. The number of phenolic OH excluding ortho intramolecular Hbond substituents is 1. The van der Waals surface area contributed by atoms with Gasteiger partial charge in [0.05, 0.1) is 17.5 Å². The molecule has 1 aromatic carbocycles. The summed E-state index contributed by atoms with van der Waals surface area (Å²) in [6.45, 7) is 1.98. The number of fused-ring (bicyclic) bond motifs is 3. The van der Waals surface area contributed by atoms with E-state index in [2.05, 4.69) is 0 Å². The van der Waals surface area contributed by atoms with Gasteiger partial charge in [-0.1, -0.05) is 19.4 Å². The van der Waals surface area contributed by atoms with E-state index >= 15 is 0 Å². The van der Waals surface area contributed by atoms with Crippen LogP contribution in [0.15, 0.2) is 12.1 Å². The first-order chi connectivity index (χ1) is 17.4. The van der Waals surface area contributed by atoms with Crippen molar-refractivity contribution in [1.29, 1.82) is 0 Å². The van der Waals surface area contributed by atoms with Crippen molar-refractivity contribution < 1.29 is 39.0 Å². The summed E-state index contributed by atoms with van der Waals surface area (Å²) in [5.41, 5.74) is 3.53. The normalized spacial score (nSPS) is 31.1. The summed E-state index contributed by atoms with van der Waals surface area (Å²) >= 11 is 0. The van der Waals surface area contributed by atoms with Gasteiger partial charge in [-0.15, -0.1) is 0 Å². The summed E-state index contributed by atoms with van der Waals surface area (Å²) in [5.74, 6) is -10.8. The maximum atomic E-state index is 13.8. The zero-order valence-electron chi connectivity index (χ0n) is 21.2. The molecule has 0 heterocycles. The number of aliphatic hydroxyl groups is 1. The van der Waals surface area contributed by atoms with Crippen molar-refractivity contribution >= 4 is 34.8 Å². The number of unbranched alkanes of at least 4 members (excludes halogenated alkanes) is 1. The zero-order chi connectivity index (χ0) is 27.4. The van der Waals surface area contributed by atoms with Gasteiger partial charge in [0.1, 0.15) is 11.5 Å². The van der Waals surface area contributed by atoms with E-state index in [1.54, 1.807) is 6.07 Å². The highest BCUT2D eigenvalue weighted by molar-refractivity contribution is 6.32. The van der Waals surface area contributed by atoms with Gasteiger partial charge in [-0.2, -0.15) is 0 Å². The van der Waals surface area contributed by atoms with Crippen LogP contribution in [0.2, 0.25) is 0 Å². The predicted molar refractivity (Wildman–Crippen MR) is 130 cm³/mol. The van der Waals surface area contributed by atoms with E-state index in [0.717, 1.165) is 12.8 Å². The molecular weight excluding hydrogens is 480 g/mol. The number of aromatic hydroxyl groups is 1. The largest absolute Gasteiger partial charge is 0.507 e. The minimum atomic E-state index is -2.75. The summed E-state index contributed by atoms with van der Waals surface area (Å²) in [6, 6.07) is 1.75. The van der Waals surface area contributed by atoms with Gasteiger partial charge in [-0.25, -0.2) is 0 Å². The molecule has 10 nitrogen and oxygen atoms in total. The van der Waals surface area contributed by atoms with Gasteiger partial charge in [0, 0.05) is 18.8 Å². The average Bonchev–Trinajstić information content (AvgIpc) is 2.81. The van der Waals surface area contributed by atoms with Crippen LogP contribution in [0.1, 0.15) is 54.1 Å². The van der Waals surface area contributed by atoms with Gasteiger partial charge in [0.2, 0.25) is 5.91 Å². The van der Waals surface area contributed by atoms with Crippen molar-refractivity contribution in [3.63, 3.8) is 0 Å². The van der Waals surface area contributed by atoms with Crippen LogP contribution in [0.4, 0.5) is 0 Å². The number of carbonyl (C=O) groups excluding carboxylic acids is 6. The second-order valence-corrected chi connectivity index (χ2v) is 10.7. The SMILES string of the molecule is CCCCC(=O)Cc1ccc(O)c2c1C[C@H]1C[C@H]3[C@H](N(C)C)C(=O)C(C(N)=O)C(=O)[C@@]3(O)C(=O)C1C2=O. The van der Waals surface area contributed by atoms with Crippen LogP contribution in [0, 0.1) is 23.7 Å². The summed E-state index contributed by atoms with van der Waals surface area (Å²) in [7, 11) is 3.07. The van der Waals surface area contributed by atoms with Crippen LogP contribution in [-0.4, -0.2) is 75.7 Å². The number of carbonyl (C=O) groups is 6. The summed E-state index contributed by atoms with van der Waals surface area (Å²) < 4.78 is 0. The molecule has 0 saturated heterocycles. The molecule has 0 aromatic heterocycles. The Bertz CT molecular complexity index is 1220. The van der Waals surface area contributed by atoms with Crippen LogP contribution in [0.5, 0.6) is 5.75 Å². The number of rotatable bonds is 7. The molecule has 2 saturated carbocycles. The number of nitrogens with zero attached hydrogens (tertiary/aromatic N) is 1. The molecule has 198 valence electrons. The second-order valence-electron chi connectivity index (χ2n) is 10.7. The lowest BCUT2D eigenvalue weighted by atomic mass is 9.52. The minimum absolute atomic E-state index is 0.00736. The molecule has 0 aliphatic heterocycles. The Morgan fingerprint density at radius 3 is 2.41 bits per heavy atom. The first-order valence-electron chi connectivity index (χ1n) is 12.6. The number of phenols is 1.